The number of likely N-dealkylation sites (tertiary alicyclic amines) is 1. The first-order valence-electron chi connectivity index (χ1n) is 11.5. The third kappa shape index (κ3) is 3.72. The van der Waals surface area contributed by atoms with Crippen LogP contribution in [-0.2, 0) is 0 Å². The molecule has 1 aliphatic heterocycles. The van der Waals surface area contributed by atoms with Crippen LogP contribution in [0.3, 0.4) is 0 Å². The Kier molecular flexibility index (Phi) is 5.03. The fraction of sp³-hybridized carbons (Fsp3) is 0.348. The van der Waals surface area contributed by atoms with Crippen LogP contribution in [0.1, 0.15) is 42.1 Å². The third-order valence-corrected chi connectivity index (χ3v) is 7.14. The number of carbonyl (C=O) groups excluding carboxylic acids is 1. The quantitative estimate of drug-likeness (QED) is 0.338. The molecule has 2 aliphatic rings. The first-order chi connectivity index (χ1) is 16.9. The number of fused-ring (bicyclic) bond motifs is 2. The largest absolute Gasteiger partial charge is 0.465 e. The monoisotopic (exact) mass is 494 g/mol. The fourth-order valence-corrected chi connectivity index (χ4v) is 4.99. The van der Waals surface area contributed by atoms with Gasteiger partial charge < -0.3 is 26.0 Å². The van der Waals surface area contributed by atoms with E-state index in [9.17, 15) is 14.7 Å². The highest BCUT2D eigenvalue weighted by Gasteiger charge is 2.29. The maximum Gasteiger partial charge on any atom is 0.407 e. The lowest BCUT2D eigenvalue weighted by atomic mass is 10.1. The van der Waals surface area contributed by atoms with Gasteiger partial charge in [-0.2, -0.15) is 5.10 Å². The Morgan fingerprint density at radius 3 is 2.66 bits per heavy atom. The van der Waals surface area contributed by atoms with Crippen molar-refractivity contribution in [1.82, 2.24) is 34.9 Å². The molecule has 180 valence electrons. The maximum atomic E-state index is 12.5. The molecule has 6 rings (SSSR count). The molecular formula is C23H23ClN8O3. The molecule has 0 bridgehead atoms. The van der Waals surface area contributed by atoms with Crippen molar-refractivity contribution in [2.45, 2.75) is 37.8 Å². The van der Waals surface area contributed by atoms with Gasteiger partial charge in [-0.3, -0.25) is 4.79 Å². The number of anilines is 1. The Bertz CT molecular complexity index is 1480. The lowest BCUT2D eigenvalue weighted by Crippen LogP contribution is -2.38. The molecule has 1 saturated heterocycles. The van der Waals surface area contributed by atoms with E-state index in [-0.39, 0.29) is 23.8 Å². The Labute approximate surface area is 204 Å². The zero-order valence-corrected chi connectivity index (χ0v) is 19.4. The molecule has 4 aromatic rings. The third-order valence-electron chi connectivity index (χ3n) is 6.75. The second-order valence-electron chi connectivity index (χ2n) is 9.07. The summed E-state index contributed by atoms with van der Waals surface area (Å²) in [5.41, 5.74) is 9.17. The number of H-pyrrole nitrogens is 1. The lowest BCUT2D eigenvalue weighted by Gasteiger charge is -2.30. The fourth-order valence-electron chi connectivity index (χ4n) is 4.69. The van der Waals surface area contributed by atoms with Crippen molar-refractivity contribution in [3.05, 3.63) is 35.1 Å². The van der Waals surface area contributed by atoms with Gasteiger partial charge in [-0.15, -0.1) is 0 Å². The van der Waals surface area contributed by atoms with Gasteiger partial charge in [-0.05, 0) is 37.8 Å². The molecule has 5 N–H and O–H groups in total. The number of nitrogen functional groups attached to an aromatic ring is 1. The number of nitrogens with zero attached hydrogens (tertiary/aromatic N) is 5. The average molecular weight is 495 g/mol. The minimum atomic E-state index is -0.920. The van der Waals surface area contributed by atoms with Crippen molar-refractivity contribution in [3.8, 4) is 11.4 Å². The van der Waals surface area contributed by atoms with E-state index in [1.165, 1.54) is 11.2 Å². The minimum Gasteiger partial charge on any atom is -0.465 e. The summed E-state index contributed by atoms with van der Waals surface area (Å²) < 4.78 is 1.80. The SMILES string of the molecule is Nc1ncnc2c1c(-c1[nH]c3cc(C(=O)NC4CC4)ccc3c1Cl)nn2C1CCN(C(=O)O)CC1. The molecule has 0 atom stereocenters. The second-order valence-corrected chi connectivity index (χ2v) is 9.45. The number of carboxylic acid groups (broad SMARTS) is 1. The van der Waals surface area contributed by atoms with E-state index in [0.717, 1.165) is 18.2 Å². The van der Waals surface area contributed by atoms with Gasteiger partial charge in [-0.1, -0.05) is 17.7 Å². The zero-order valence-electron chi connectivity index (χ0n) is 18.7. The first kappa shape index (κ1) is 21.7. The zero-order chi connectivity index (χ0) is 24.3. The molecular weight excluding hydrogens is 472 g/mol. The molecule has 3 aromatic heterocycles. The molecule has 2 amide bonds. The van der Waals surface area contributed by atoms with E-state index >= 15 is 0 Å². The van der Waals surface area contributed by atoms with Crippen LogP contribution in [0, 0.1) is 0 Å². The molecule has 1 aliphatic carbocycles. The maximum absolute atomic E-state index is 12.5. The van der Waals surface area contributed by atoms with Crippen LogP contribution in [0.15, 0.2) is 24.5 Å². The Morgan fingerprint density at radius 2 is 1.94 bits per heavy atom. The van der Waals surface area contributed by atoms with Crippen molar-refractivity contribution in [2.75, 3.05) is 18.8 Å². The van der Waals surface area contributed by atoms with Gasteiger partial charge in [0.05, 0.1) is 22.1 Å². The number of hydrogen-bond donors (Lipinski definition) is 4. The van der Waals surface area contributed by atoms with Crippen molar-refractivity contribution in [1.29, 1.82) is 0 Å². The standard InChI is InChI=1S/C23H23ClN8O3/c24-17-14-4-1-11(22(33)28-12-2-3-12)9-15(14)29-19(17)18-16-20(25)26-10-27-21(16)32(30-18)13-5-7-31(8-6-13)23(34)35/h1,4,9-10,12-13,29H,2-3,5-8H2,(H,28,33)(H,34,35)(H2,25,26,27). The number of benzene rings is 1. The van der Waals surface area contributed by atoms with Gasteiger partial charge in [0, 0.05) is 35.6 Å². The normalized spacial score (nSPS) is 16.8. The summed E-state index contributed by atoms with van der Waals surface area (Å²) in [4.78, 5) is 37.1. The average Bonchev–Trinajstić information content (AvgIpc) is 3.49. The van der Waals surface area contributed by atoms with Gasteiger partial charge >= 0.3 is 6.09 Å². The van der Waals surface area contributed by atoms with E-state index < -0.39 is 6.09 Å². The van der Waals surface area contributed by atoms with Crippen molar-refractivity contribution in [3.63, 3.8) is 0 Å². The molecule has 2 fully saturated rings. The van der Waals surface area contributed by atoms with Crippen molar-refractivity contribution in [2.24, 2.45) is 0 Å². The number of nitrogens with two attached hydrogens (primary N) is 1. The van der Waals surface area contributed by atoms with Gasteiger partial charge in [-0.25, -0.2) is 19.4 Å². The van der Waals surface area contributed by atoms with Crippen LogP contribution in [0.25, 0.3) is 33.3 Å². The number of rotatable bonds is 4. The van der Waals surface area contributed by atoms with Crippen LogP contribution in [-0.4, -0.2) is 65.9 Å². The lowest BCUT2D eigenvalue weighted by molar-refractivity contribution is 0.0951. The smallest absolute Gasteiger partial charge is 0.407 e. The Hall–Kier alpha value is -3.86. The van der Waals surface area contributed by atoms with E-state index in [0.29, 0.717) is 64.5 Å². The molecule has 0 spiro atoms. The molecule has 1 saturated carbocycles. The van der Waals surface area contributed by atoms with Crippen LogP contribution < -0.4 is 11.1 Å². The van der Waals surface area contributed by atoms with E-state index in [1.54, 1.807) is 16.8 Å². The minimum absolute atomic E-state index is 0.0444. The molecule has 0 radical (unpaired) electrons. The molecule has 35 heavy (non-hydrogen) atoms. The van der Waals surface area contributed by atoms with Crippen LogP contribution in [0.5, 0.6) is 0 Å². The van der Waals surface area contributed by atoms with E-state index in [2.05, 4.69) is 20.3 Å². The summed E-state index contributed by atoms with van der Waals surface area (Å²) in [6.07, 6.45) is 3.71. The molecule has 1 aromatic carbocycles. The predicted molar refractivity (Wildman–Crippen MR) is 130 cm³/mol. The number of nitrogens with one attached hydrogen (secondary N) is 2. The summed E-state index contributed by atoms with van der Waals surface area (Å²) in [5, 5.41) is 18.9. The predicted octanol–water partition coefficient (Wildman–Crippen LogP) is 3.42. The van der Waals surface area contributed by atoms with Crippen molar-refractivity contribution >= 4 is 51.4 Å². The summed E-state index contributed by atoms with van der Waals surface area (Å²) in [6.45, 7) is 0.826. The molecule has 11 nitrogen and oxygen atoms in total. The van der Waals surface area contributed by atoms with Gasteiger partial charge in [0.1, 0.15) is 17.8 Å². The van der Waals surface area contributed by atoms with E-state index in [1.807, 2.05) is 6.07 Å². The summed E-state index contributed by atoms with van der Waals surface area (Å²) in [6, 6.07) is 5.58. The molecule has 12 heteroatoms. The first-order valence-corrected chi connectivity index (χ1v) is 11.9. The summed E-state index contributed by atoms with van der Waals surface area (Å²) >= 11 is 6.79. The number of aromatic amines is 1. The number of piperidine rings is 1. The second kappa shape index (κ2) is 8.12. The van der Waals surface area contributed by atoms with Crippen LogP contribution in [0.2, 0.25) is 5.02 Å². The topological polar surface area (TPSA) is 155 Å². The molecule has 0 unspecified atom stereocenters. The number of hydrogen-bond acceptors (Lipinski definition) is 6. The summed E-state index contributed by atoms with van der Waals surface area (Å²) in [5.74, 6) is 0.167. The van der Waals surface area contributed by atoms with E-state index in [4.69, 9.17) is 22.4 Å². The van der Waals surface area contributed by atoms with Gasteiger partial charge in [0.2, 0.25) is 0 Å². The van der Waals surface area contributed by atoms with Crippen molar-refractivity contribution < 1.29 is 14.7 Å². The number of halogens is 1. The van der Waals surface area contributed by atoms with Gasteiger partial charge in [0.25, 0.3) is 5.91 Å². The van der Waals surface area contributed by atoms with Crippen LogP contribution in [0.4, 0.5) is 10.6 Å². The number of amides is 2. The highest BCUT2D eigenvalue weighted by atomic mass is 35.5. The number of aromatic nitrogens is 5. The van der Waals surface area contributed by atoms with Gasteiger partial charge in [0.15, 0.2) is 5.65 Å². The Morgan fingerprint density at radius 1 is 1.17 bits per heavy atom. The summed E-state index contributed by atoms with van der Waals surface area (Å²) in [7, 11) is 0. The molecule has 4 heterocycles. The Balaban J connectivity index is 1.42. The number of carbonyl (C=O) groups is 2. The highest BCUT2D eigenvalue weighted by molar-refractivity contribution is 6.38. The van der Waals surface area contributed by atoms with Crippen LogP contribution >= 0.6 is 11.6 Å². The highest BCUT2D eigenvalue weighted by Crippen LogP contribution is 2.40.